The number of likely N-dealkylation sites (N-methyl/N-ethyl adjacent to an activating group) is 1. The molecule has 1 aromatic heterocycles. The van der Waals surface area contributed by atoms with Gasteiger partial charge in [-0.2, -0.15) is 0 Å². The standard InChI is InChI=1S/C18H21FN4S.C4H4O4/c1-3-13-11-14-17(23-8-6-22(2)7-9-23)20-15-5-4-12(19)10-16(15)21-18(14)24-13;5-3(6)1-2-4(7)8/h4-5,10-11,21H,3,6-9H2,1-2H3;1-2H,(H,5,6)(H,7,8)/b;2-1+. The predicted octanol–water partition coefficient (Wildman–Crippen LogP) is 3.54. The fourth-order valence-electron chi connectivity index (χ4n) is 3.28. The first kappa shape index (κ1) is 23.4. The fraction of sp³-hybridized carbons (Fsp3) is 0.318. The number of carboxylic acids is 2. The molecule has 0 saturated carbocycles. The number of halogens is 1. The van der Waals surface area contributed by atoms with E-state index >= 15 is 0 Å². The lowest BCUT2D eigenvalue weighted by Crippen LogP contribution is -2.47. The first-order valence-corrected chi connectivity index (χ1v) is 10.9. The van der Waals surface area contributed by atoms with Gasteiger partial charge < -0.3 is 25.3 Å². The third-order valence-electron chi connectivity index (χ3n) is 4.98. The lowest BCUT2D eigenvalue weighted by atomic mass is 10.2. The molecule has 1 fully saturated rings. The zero-order valence-electron chi connectivity index (χ0n) is 17.8. The summed E-state index contributed by atoms with van der Waals surface area (Å²) in [6.45, 7) is 6.14. The van der Waals surface area contributed by atoms with Gasteiger partial charge in [0.2, 0.25) is 0 Å². The van der Waals surface area contributed by atoms with Crippen LogP contribution < -0.4 is 5.32 Å². The van der Waals surface area contributed by atoms with E-state index in [1.54, 1.807) is 17.4 Å². The van der Waals surface area contributed by atoms with Gasteiger partial charge in [0.05, 0.1) is 16.9 Å². The van der Waals surface area contributed by atoms with Crippen molar-refractivity contribution in [1.82, 2.24) is 9.80 Å². The van der Waals surface area contributed by atoms with E-state index in [1.807, 2.05) is 0 Å². The van der Waals surface area contributed by atoms with Crippen LogP contribution in [-0.4, -0.2) is 71.0 Å². The van der Waals surface area contributed by atoms with E-state index < -0.39 is 11.9 Å². The molecule has 10 heteroatoms. The quantitative estimate of drug-likeness (QED) is 0.602. The van der Waals surface area contributed by atoms with Crippen LogP contribution in [0.1, 0.15) is 17.4 Å². The molecule has 32 heavy (non-hydrogen) atoms. The van der Waals surface area contributed by atoms with Crippen LogP contribution in [0.5, 0.6) is 0 Å². The number of piperazine rings is 1. The van der Waals surface area contributed by atoms with Crippen LogP contribution >= 0.6 is 11.3 Å². The number of amidine groups is 1. The van der Waals surface area contributed by atoms with Crippen LogP contribution in [0.2, 0.25) is 0 Å². The lowest BCUT2D eigenvalue weighted by molar-refractivity contribution is -0.134. The van der Waals surface area contributed by atoms with Crippen molar-refractivity contribution in [2.75, 3.05) is 38.5 Å². The summed E-state index contributed by atoms with van der Waals surface area (Å²) in [4.78, 5) is 30.0. The summed E-state index contributed by atoms with van der Waals surface area (Å²) in [5.41, 5.74) is 2.68. The Morgan fingerprint density at radius 2 is 1.81 bits per heavy atom. The van der Waals surface area contributed by atoms with E-state index in [2.05, 4.69) is 35.2 Å². The van der Waals surface area contributed by atoms with Gasteiger partial charge in [-0.25, -0.2) is 19.0 Å². The molecule has 4 rings (SSSR count). The second kappa shape index (κ2) is 10.4. The molecule has 3 heterocycles. The van der Waals surface area contributed by atoms with Gasteiger partial charge in [-0.15, -0.1) is 11.3 Å². The average molecular weight is 461 g/mol. The SMILES string of the molecule is CCc1cc2c(s1)Nc1cc(F)ccc1N=C2N1CCN(C)CC1.O=C(O)/C=C/C(=O)O. The number of aliphatic imine (C=N–C) groups is 1. The average Bonchev–Trinajstić information content (AvgIpc) is 3.09. The van der Waals surface area contributed by atoms with Crippen molar-refractivity contribution in [3.05, 3.63) is 52.7 Å². The van der Waals surface area contributed by atoms with Gasteiger partial charge in [0.25, 0.3) is 0 Å². The number of carboxylic acid groups (broad SMARTS) is 2. The van der Waals surface area contributed by atoms with E-state index in [1.165, 1.54) is 17.0 Å². The number of anilines is 2. The Hall–Kier alpha value is -3.24. The number of nitrogens with zero attached hydrogens (tertiary/aromatic N) is 3. The maximum absolute atomic E-state index is 13.7. The van der Waals surface area contributed by atoms with Gasteiger partial charge in [-0.3, -0.25) is 0 Å². The molecule has 2 aromatic rings. The molecule has 3 N–H and O–H groups in total. The van der Waals surface area contributed by atoms with E-state index in [0.29, 0.717) is 12.2 Å². The van der Waals surface area contributed by atoms with Gasteiger partial charge in [0.1, 0.15) is 16.7 Å². The Labute approximate surface area is 189 Å². The van der Waals surface area contributed by atoms with Crippen LogP contribution in [0, 0.1) is 5.82 Å². The van der Waals surface area contributed by atoms with Gasteiger partial charge in [0.15, 0.2) is 0 Å². The minimum Gasteiger partial charge on any atom is -0.478 e. The molecule has 2 aliphatic heterocycles. The molecule has 2 aliphatic rings. The normalized spacial score (nSPS) is 15.6. The van der Waals surface area contributed by atoms with E-state index in [9.17, 15) is 14.0 Å². The summed E-state index contributed by atoms with van der Waals surface area (Å²) < 4.78 is 13.7. The van der Waals surface area contributed by atoms with Crippen molar-refractivity contribution in [3.63, 3.8) is 0 Å². The maximum atomic E-state index is 13.7. The molecule has 0 unspecified atom stereocenters. The van der Waals surface area contributed by atoms with Crippen LogP contribution in [0.15, 0.2) is 41.4 Å². The van der Waals surface area contributed by atoms with Crippen LogP contribution in [0.3, 0.4) is 0 Å². The molecule has 0 aliphatic carbocycles. The number of aliphatic carboxylic acids is 2. The first-order chi connectivity index (χ1) is 15.3. The van der Waals surface area contributed by atoms with Gasteiger partial charge >= 0.3 is 11.9 Å². The van der Waals surface area contributed by atoms with Crippen molar-refractivity contribution in [1.29, 1.82) is 0 Å². The van der Waals surface area contributed by atoms with E-state index in [0.717, 1.165) is 60.4 Å². The summed E-state index contributed by atoms with van der Waals surface area (Å²) in [6.07, 6.45) is 2.11. The summed E-state index contributed by atoms with van der Waals surface area (Å²) >= 11 is 1.73. The first-order valence-electron chi connectivity index (χ1n) is 10.1. The van der Waals surface area contributed by atoms with Crippen LogP contribution in [0.25, 0.3) is 0 Å². The number of nitrogens with one attached hydrogen (secondary N) is 1. The van der Waals surface area contributed by atoms with E-state index in [-0.39, 0.29) is 5.82 Å². The second-order valence-corrected chi connectivity index (χ2v) is 8.47. The molecule has 0 spiro atoms. The highest BCUT2D eigenvalue weighted by Gasteiger charge is 2.25. The van der Waals surface area contributed by atoms with Crippen molar-refractivity contribution < 1.29 is 24.2 Å². The monoisotopic (exact) mass is 460 g/mol. The Kier molecular flexibility index (Phi) is 7.60. The summed E-state index contributed by atoms with van der Waals surface area (Å²) in [5.74, 6) is -1.75. The van der Waals surface area contributed by atoms with Gasteiger partial charge in [-0.1, -0.05) is 6.92 Å². The van der Waals surface area contributed by atoms with Crippen molar-refractivity contribution in [2.24, 2.45) is 4.99 Å². The lowest BCUT2D eigenvalue weighted by Gasteiger charge is -2.34. The van der Waals surface area contributed by atoms with Crippen molar-refractivity contribution in [2.45, 2.75) is 13.3 Å². The number of fused-ring (bicyclic) bond motifs is 2. The van der Waals surface area contributed by atoms with Crippen LogP contribution in [-0.2, 0) is 16.0 Å². The third-order valence-corrected chi connectivity index (χ3v) is 6.17. The van der Waals surface area contributed by atoms with Gasteiger partial charge in [-0.05, 0) is 37.7 Å². The minimum absolute atomic E-state index is 0.242. The number of benzene rings is 1. The molecule has 0 radical (unpaired) electrons. The largest absolute Gasteiger partial charge is 0.478 e. The number of aryl methyl sites for hydroxylation is 1. The number of rotatable bonds is 3. The molecule has 0 bridgehead atoms. The number of hydrogen-bond donors (Lipinski definition) is 3. The van der Waals surface area contributed by atoms with Crippen molar-refractivity contribution >= 4 is 45.5 Å². The highest BCUT2D eigenvalue weighted by Crippen LogP contribution is 2.39. The number of carbonyl (C=O) groups is 2. The highest BCUT2D eigenvalue weighted by atomic mass is 32.1. The summed E-state index contributed by atoms with van der Waals surface area (Å²) in [7, 11) is 2.15. The molecule has 1 aromatic carbocycles. The van der Waals surface area contributed by atoms with Crippen molar-refractivity contribution in [3.8, 4) is 0 Å². The molecule has 0 atom stereocenters. The maximum Gasteiger partial charge on any atom is 0.328 e. The molecular formula is C22H25FN4O4S. The zero-order chi connectivity index (χ0) is 23.3. The molecule has 0 amide bonds. The molecular weight excluding hydrogens is 435 g/mol. The number of thiophene rings is 1. The summed E-state index contributed by atoms with van der Waals surface area (Å²) in [6, 6.07) is 6.99. The summed E-state index contributed by atoms with van der Waals surface area (Å²) in [5, 5.41) is 20.1. The smallest absolute Gasteiger partial charge is 0.328 e. The Bertz CT molecular complexity index is 1040. The minimum atomic E-state index is -1.26. The van der Waals surface area contributed by atoms with Gasteiger partial charge in [0, 0.05) is 43.2 Å². The van der Waals surface area contributed by atoms with E-state index in [4.69, 9.17) is 15.2 Å². The molecule has 1 saturated heterocycles. The molecule has 8 nitrogen and oxygen atoms in total. The Balaban J connectivity index is 0.000000312. The highest BCUT2D eigenvalue weighted by molar-refractivity contribution is 7.16. The second-order valence-electron chi connectivity index (χ2n) is 7.33. The predicted molar refractivity (Wildman–Crippen MR) is 123 cm³/mol. The third kappa shape index (κ3) is 5.92. The Morgan fingerprint density at radius 1 is 1.16 bits per heavy atom. The number of hydrogen-bond acceptors (Lipinski definition) is 7. The fourth-order valence-corrected chi connectivity index (χ4v) is 4.28. The van der Waals surface area contributed by atoms with Crippen LogP contribution in [0.4, 0.5) is 20.8 Å². The molecule has 170 valence electrons. The Morgan fingerprint density at radius 3 is 2.41 bits per heavy atom. The topological polar surface area (TPSA) is 105 Å². The zero-order valence-corrected chi connectivity index (χ0v) is 18.7.